The van der Waals surface area contributed by atoms with Gasteiger partial charge in [0.1, 0.15) is 5.82 Å². The molecule has 3 heterocycles. The third-order valence-electron chi connectivity index (χ3n) is 8.54. The number of pyridine rings is 1. The highest BCUT2D eigenvalue weighted by Gasteiger charge is 2.37. The molecule has 0 aliphatic carbocycles. The molecule has 0 bridgehead atoms. The van der Waals surface area contributed by atoms with Crippen LogP contribution in [0.15, 0.2) is 46.2 Å². The van der Waals surface area contributed by atoms with Crippen LogP contribution in [0.5, 0.6) is 5.75 Å². The van der Waals surface area contributed by atoms with Crippen molar-refractivity contribution >= 4 is 17.7 Å². The van der Waals surface area contributed by atoms with Gasteiger partial charge in [-0.3, -0.25) is 24.0 Å². The van der Waals surface area contributed by atoms with Gasteiger partial charge in [0.15, 0.2) is 11.6 Å². The first-order chi connectivity index (χ1) is 21.3. The number of benzene rings is 2. The number of ether oxygens (including phenoxy) is 1. The first-order valence-electron chi connectivity index (χ1n) is 14.5. The van der Waals surface area contributed by atoms with E-state index in [9.17, 15) is 22.8 Å². The molecular weight excluding hydrogens is 615 g/mol. The zero-order valence-electron chi connectivity index (χ0n) is 25.5. The largest absolute Gasteiger partial charge is 0.494 e. The van der Waals surface area contributed by atoms with Crippen molar-refractivity contribution in [3.05, 3.63) is 80.6 Å². The molecule has 1 amide bonds. The minimum absolute atomic E-state index is 0.00886. The van der Waals surface area contributed by atoms with Gasteiger partial charge in [0.2, 0.25) is 5.91 Å². The zero-order valence-corrected chi connectivity index (χ0v) is 26.3. The lowest BCUT2D eigenvalue weighted by Crippen LogP contribution is -2.50. The maximum absolute atomic E-state index is 15.6. The zero-order chi connectivity index (χ0) is 32.6. The fourth-order valence-corrected chi connectivity index (χ4v) is 7.41. The summed E-state index contributed by atoms with van der Waals surface area (Å²) in [6.07, 6.45) is -5.23. The number of alkyl halides is 3. The first-order valence-corrected chi connectivity index (χ1v) is 15.5. The van der Waals surface area contributed by atoms with Gasteiger partial charge in [-0.15, -0.1) is 11.8 Å². The van der Waals surface area contributed by atoms with Crippen molar-refractivity contribution in [1.29, 1.82) is 0 Å². The standard InChI is InChI=1S/C32H35F5N4O3S/c1-19-22(15-23-24(32(35,36)37)8-6-9-25(23)33)31-41(30(43)28(19)21-7-5-10-26(44-4)29(21)34)20(18-45-31)16-39-11-13-40(14-12-39)17-27(42)38(2)3/h5-10,20H,11-18H2,1-4H3. The van der Waals surface area contributed by atoms with Crippen molar-refractivity contribution in [2.45, 2.75) is 30.6 Å². The Balaban J connectivity index is 1.57. The van der Waals surface area contributed by atoms with E-state index >= 15 is 8.78 Å². The topological polar surface area (TPSA) is 58.0 Å². The van der Waals surface area contributed by atoms with Gasteiger partial charge in [-0.05, 0) is 36.2 Å². The molecule has 0 radical (unpaired) electrons. The van der Waals surface area contributed by atoms with E-state index in [0.717, 1.165) is 18.2 Å². The van der Waals surface area contributed by atoms with Crippen LogP contribution in [-0.4, -0.2) is 91.4 Å². The van der Waals surface area contributed by atoms with Crippen molar-refractivity contribution in [3.63, 3.8) is 0 Å². The normalized spacial score (nSPS) is 17.4. The average molecular weight is 651 g/mol. The molecule has 3 aromatic rings. The molecule has 1 saturated heterocycles. The van der Waals surface area contributed by atoms with Gasteiger partial charge in [-0.25, -0.2) is 8.78 Å². The number of thioether (sulfide) groups is 1. The summed E-state index contributed by atoms with van der Waals surface area (Å²) < 4.78 is 79.4. The van der Waals surface area contributed by atoms with Crippen LogP contribution in [0.4, 0.5) is 22.0 Å². The number of nitrogens with zero attached hydrogens (tertiary/aromatic N) is 4. The van der Waals surface area contributed by atoms with Crippen LogP contribution >= 0.6 is 11.8 Å². The number of likely N-dealkylation sites (N-methyl/N-ethyl adjacent to an activating group) is 1. The first kappa shape index (κ1) is 33.0. The Kier molecular flexibility index (Phi) is 9.62. The molecule has 1 fully saturated rings. The molecule has 0 spiro atoms. The van der Waals surface area contributed by atoms with Crippen molar-refractivity contribution in [2.24, 2.45) is 0 Å². The Morgan fingerprint density at radius 3 is 2.33 bits per heavy atom. The van der Waals surface area contributed by atoms with Crippen molar-refractivity contribution in [3.8, 4) is 16.9 Å². The number of aromatic nitrogens is 1. The lowest BCUT2D eigenvalue weighted by atomic mass is 9.92. The minimum atomic E-state index is -4.79. The Morgan fingerprint density at radius 1 is 1.02 bits per heavy atom. The van der Waals surface area contributed by atoms with E-state index in [2.05, 4.69) is 9.80 Å². The molecule has 7 nitrogen and oxygen atoms in total. The molecule has 2 aliphatic heterocycles. The summed E-state index contributed by atoms with van der Waals surface area (Å²) in [4.78, 5) is 32.2. The molecule has 2 aliphatic rings. The number of methoxy groups -OCH3 is 1. The second-order valence-corrected chi connectivity index (χ2v) is 12.6. The number of hydrogen-bond donors (Lipinski definition) is 0. The van der Waals surface area contributed by atoms with E-state index in [1.807, 2.05) is 0 Å². The lowest BCUT2D eigenvalue weighted by molar-refractivity contribution is -0.138. The van der Waals surface area contributed by atoms with Crippen LogP contribution in [0, 0.1) is 18.6 Å². The summed E-state index contributed by atoms with van der Waals surface area (Å²) >= 11 is 1.34. The Morgan fingerprint density at radius 2 is 1.69 bits per heavy atom. The third kappa shape index (κ3) is 6.61. The molecule has 0 N–H and O–H groups in total. The predicted molar refractivity (Wildman–Crippen MR) is 163 cm³/mol. The van der Waals surface area contributed by atoms with E-state index in [-0.39, 0.29) is 28.8 Å². The van der Waals surface area contributed by atoms with Crippen molar-refractivity contribution in [1.82, 2.24) is 19.3 Å². The van der Waals surface area contributed by atoms with Gasteiger partial charge in [-0.1, -0.05) is 18.2 Å². The van der Waals surface area contributed by atoms with Crippen LogP contribution in [0.25, 0.3) is 11.1 Å². The van der Waals surface area contributed by atoms with Gasteiger partial charge >= 0.3 is 6.18 Å². The average Bonchev–Trinajstić information content (AvgIpc) is 3.40. The monoisotopic (exact) mass is 650 g/mol. The number of fused-ring (bicyclic) bond motifs is 1. The maximum atomic E-state index is 15.6. The highest BCUT2D eigenvalue weighted by molar-refractivity contribution is 7.99. The molecule has 242 valence electrons. The summed E-state index contributed by atoms with van der Waals surface area (Å²) in [5, 5.41) is 0.459. The Hall–Kier alpha value is -3.42. The molecule has 5 rings (SSSR count). The molecule has 0 saturated carbocycles. The number of rotatable bonds is 8. The van der Waals surface area contributed by atoms with E-state index in [1.54, 1.807) is 36.6 Å². The SMILES string of the molecule is COc1cccc(-c2c(C)c(Cc3c(F)cccc3C(F)(F)F)c3n(c2=O)C(CN2CCN(CC(=O)N(C)C)CC2)CS3)c1F. The number of piperazine rings is 1. The lowest BCUT2D eigenvalue weighted by Gasteiger charge is -2.36. The number of hydrogen-bond acceptors (Lipinski definition) is 6. The summed E-state index contributed by atoms with van der Waals surface area (Å²) in [6, 6.07) is 6.88. The fourth-order valence-electron chi connectivity index (χ4n) is 6.03. The number of carbonyl (C=O) groups excluding carboxylic acids is 1. The molecule has 1 atom stereocenters. The summed E-state index contributed by atoms with van der Waals surface area (Å²) in [5.41, 5.74) is -1.47. The molecule has 45 heavy (non-hydrogen) atoms. The van der Waals surface area contributed by atoms with Crippen LogP contribution in [-0.2, 0) is 17.4 Å². The summed E-state index contributed by atoms with van der Waals surface area (Å²) in [7, 11) is 4.72. The predicted octanol–water partition coefficient (Wildman–Crippen LogP) is 5.07. The van der Waals surface area contributed by atoms with Crippen LogP contribution in [0.3, 0.4) is 0 Å². The molecule has 1 aromatic heterocycles. The van der Waals surface area contributed by atoms with Crippen LogP contribution in [0.2, 0.25) is 0 Å². The highest BCUT2D eigenvalue weighted by Crippen LogP contribution is 2.42. The van der Waals surface area contributed by atoms with Crippen LogP contribution in [0.1, 0.15) is 28.3 Å². The van der Waals surface area contributed by atoms with Gasteiger partial charge in [-0.2, -0.15) is 13.2 Å². The van der Waals surface area contributed by atoms with E-state index in [4.69, 9.17) is 4.74 Å². The third-order valence-corrected chi connectivity index (χ3v) is 9.80. The van der Waals surface area contributed by atoms with E-state index in [1.165, 1.54) is 31.0 Å². The van der Waals surface area contributed by atoms with Crippen molar-refractivity contribution < 1.29 is 31.5 Å². The molecule has 1 unspecified atom stereocenters. The smallest absolute Gasteiger partial charge is 0.416 e. The minimum Gasteiger partial charge on any atom is -0.494 e. The van der Waals surface area contributed by atoms with Gasteiger partial charge in [0, 0.05) is 70.1 Å². The second kappa shape index (κ2) is 13.1. The van der Waals surface area contributed by atoms with Crippen LogP contribution < -0.4 is 10.3 Å². The number of halogens is 5. The molecular formula is C32H35F5N4O3S. The van der Waals surface area contributed by atoms with Gasteiger partial charge < -0.3 is 9.64 Å². The Bertz CT molecular complexity index is 1650. The maximum Gasteiger partial charge on any atom is 0.416 e. The summed E-state index contributed by atoms with van der Waals surface area (Å²) in [5.74, 6) is -1.37. The van der Waals surface area contributed by atoms with E-state index in [0.29, 0.717) is 61.2 Å². The van der Waals surface area contributed by atoms with E-state index < -0.39 is 40.9 Å². The van der Waals surface area contributed by atoms with Gasteiger partial charge in [0.25, 0.3) is 5.56 Å². The number of carbonyl (C=O) groups is 1. The molecule has 2 aromatic carbocycles. The quantitative estimate of drug-likeness (QED) is 0.318. The highest BCUT2D eigenvalue weighted by atomic mass is 32.2. The summed E-state index contributed by atoms with van der Waals surface area (Å²) in [6.45, 7) is 5.00. The van der Waals surface area contributed by atoms with Crippen molar-refractivity contribution in [2.75, 3.05) is 66.2 Å². The van der Waals surface area contributed by atoms with Gasteiger partial charge in [0.05, 0.1) is 35.8 Å². The second-order valence-electron chi connectivity index (χ2n) is 11.6. The molecule has 13 heteroatoms. The number of amides is 1. The Labute approximate surface area is 262 Å². The fraction of sp³-hybridized carbons (Fsp3) is 0.438.